The van der Waals surface area contributed by atoms with Gasteiger partial charge in [0, 0.05) is 0 Å². The van der Waals surface area contributed by atoms with Gasteiger partial charge in [0.25, 0.3) is 0 Å². The Hall–Kier alpha value is -0.500. The number of ether oxygens (including phenoxy) is 2. The van der Waals surface area contributed by atoms with Gasteiger partial charge in [-0.1, -0.05) is 59.1 Å². The number of fused-ring (bicyclic) bond motifs is 5. The SMILES string of the molecule is CCC(CCC(C)C1CCC2C1CCC1C2CC=C2CC(OC3OC(CO)C(O)C(O)C3O)CCC21C)C(C)C. The van der Waals surface area contributed by atoms with Crippen molar-refractivity contribution in [1.82, 2.24) is 0 Å². The average molecular weight is 563 g/mol. The van der Waals surface area contributed by atoms with Crippen molar-refractivity contribution in [2.24, 2.45) is 52.8 Å². The molecule has 0 amide bonds. The monoisotopic (exact) mass is 562 g/mol. The van der Waals surface area contributed by atoms with Crippen LogP contribution in [0.1, 0.15) is 105 Å². The maximum atomic E-state index is 10.5. The lowest BCUT2D eigenvalue weighted by atomic mass is 9.50. The molecule has 4 aliphatic carbocycles. The maximum Gasteiger partial charge on any atom is 0.186 e. The van der Waals surface area contributed by atoms with Crippen LogP contribution in [-0.2, 0) is 9.47 Å². The van der Waals surface area contributed by atoms with Gasteiger partial charge in [0.05, 0.1) is 12.7 Å². The van der Waals surface area contributed by atoms with Gasteiger partial charge in [-0.15, -0.1) is 0 Å². The van der Waals surface area contributed by atoms with E-state index in [9.17, 15) is 20.4 Å². The van der Waals surface area contributed by atoms with Crippen molar-refractivity contribution in [3.05, 3.63) is 11.6 Å². The largest absolute Gasteiger partial charge is 0.394 e. The molecule has 0 aromatic heterocycles. The van der Waals surface area contributed by atoms with Gasteiger partial charge in [-0.25, -0.2) is 0 Å². The fourth-order valence-electron chi connectivity index (χ4n) is 10.2. The molecule has 6 heteroatoms. The number of hydrogen-bond acceptors (Lipinski definition) is 6. The summed E-state index contributed by atoms with van der Waals surface area (Å²) in [4.78, 5) is 0. The van der Waals surface area contributed by atoms with Crippen LogP contribution in [-0.4, -0.2) is 63.8 Å². The molecule has 0 radical (unpaired) electrons. The minimum absolute atomic E-state index is 0.0943. The summed E-state index contributed by atoms with van der Waals surface area (Å²) in [5.41, 5.74) is 1.73. The summed E-state index contributed by atoms with van der Waals surface area (Å²) in [6.07, 6.45) is 10.1. The van der Waals surface area contributed by atoms with Crippen LogP contribution in [0.5, 0.6) is 0 Å². The molecule has 14 atom stereocenters. The van der Waals surface area contributed by atoms with E-state index in [4.69, 9.17) is 9.47 Å². The van der Waals surface area contributed by atoms with E-state index >= 15 is 0 Å². The van der Waals surface area contributed by atoms with E-state index in [1.165, 1.54) is 56.9 Å². The lowest BCUT2D eigenvalue weighted by Crippen LogP contribution is -2.60. The Kier molecular flexibility index (Phi) is 9.76. The molecule has 6 nitrogen and oxygen atoms in total. The standard InChI is InChI=1S/C34H58O6/c1-6-21(19(2)3)8-7-20(4)24-11-12-26-25(24)13-14-28-27(26)10-9-22-17-23(15-16-34(22,28)5)39-33-32(38)31(37)30(36)29(18-35)40-33/h9,19-21,23-33,35-38H,6-8,10-18H2,1-5H3. The van der Waals surface area contributed by atoms with Crippen molar-refractivity contribution in [1.29, 1.82) is 0 Å². The normalized spacial score (nSPS) is 46.8. The summed E-state index contributed by atoms with van der Waals surface area (Å²) in [7, 11) is 0. The topological polar surface area (TPSA) is 99.4 Å². The van der Waals surface area contributed by atoms with Crippen molar-refractivity contribution >= 4 is 0 Å². The summed E-state index contributed by atoms with van der Waals surface area (Å²) >= 11 is 0. The Morgan fingerprint density at radius 2 is 1.70 bits per heavy atom. The second-order valence-electron chi connectivity index (χ2n) is 15.0. The predicted molar refractivity (Wildman–Crippen MR) is 156 cm³/mol. The summed E-state index contributed by atoms with van der Waals surface area (Å²) in [5, 5.41) is 40.3. The van der Waals surface area contributed by atoms with Gasteiger partial charge in [0.1, 0.15) is 24.4 Å². The summed E-state index contributed by atoms with van der Waals surface area (Å²) in [5.74, 6) is 6.79. The number of rotatable bonds is 9. The molecule has 0 aromatic rings. The molecule has 3 saturated carbocycles. The Balaban J connectivity index is 1.20. The van der Waals surface area contributed by atoms with E-state index in [0.29, 0.717) is 0 Å². The van der Waals surface area contributed by atoms with Crippen LogP contribution in [0.3, 0.4) is 0 Å². The van der Waals surface area contributed by atoms with Crippen molar-refractivity contribution in [2.75, 3.05) is 6.61 Å². The van der Waals surface area contributed by atoms with Gasteiger partial charge in [-0.2, -0.15) is 0 Å². The summed E-state index contributed by atoms with van der Waals surface area (Å²) in [6.45, 7) is 11.8. The van der Waals surface area contributed by atoms with Crippen LogP contribution >= 0.6 is 0 Å². The van der Waals surface area contributed by atoms with Crippen LogP contribution in [0, 0.1) is 52.8 Å². The number of allylic oxidation sites excluding steroid dienone is 1. The van der Waals surface area contributed by atoms with Crippen molar-refractivity contribution in [3.8, 4) is 0 Å². The zero-order chi connectivity index (χ0) is 28.8. The highest BCUT2D eigenvalue weighted by Crippen LogP contribution is 2.63. The third kappa shape index (κ3) is 5.71. The van der Waals surface area contributed by atoms with Crippen molar-refractivity contribution in [3.63, 3.8) is 0 Å². The third-order valence-corrected chi connectivity index (χ3v) is 12.8. The highest BCUT2D eigenvalue weighted by molar-refractivity contribution is 5.25. The van der Waals surface area contributed by atoms with E-state index in [1.54, 1.807) is 0 Å². The first-order valence-electron chi connectivity index (χ1n) is 16.7. The highest BCUT2D eigenvalue weighted by atomic mass is 16.7. The molecular formula is C34H58O6. The lowest BCUT2D eigenvalue weighted by Gasteiger charge is -2.56. The molecular weight excluding hydrogens is 504 g/mol. The fraction of sp³-hybridized carbons (Fsp3) is 0.941. The summed E-state index contributed by atoms with van der Waals surface area (Å²) < 4.78 is 11.9. The first kappa shape index (κ1) is 30.9. The Labute approximate surface area is 242 Å². The quantitative estimate of drug-likeness (QED) is 0.279. The first-order chi connectivity index (χ1) is 19.1. The third-order valence-electron chi connectivity index (χ3n) is 12.8. The molecule has 1 aliphatic heterocycles. The number of hydrogen-bond donors (Lipinski definition) is 4. The second-order valence-corrected chi connectivity index (χ2v) is 15.0. The first-order valence-corrected chi connectivity index (χ1v) is 16.7. The van der Waals surface area contributed by atoms with E-state index in [-0.39, 0.29) is 11.5 Å². The molecule has 4 fully saturated rings. The van der Waals surface area contributed by atoms with Gasteiger partial charge in [-0.3, -0.25) is 0 Å². The number of aliphatic hydroxyl groups excluding tert-OH is 4. The molecule has 5 aliphatic rings. The lowest BCUT2D eigenvalue weighted by molar-refractivity contribution is -0.313. The van der Waals surface area contributed by atoms with E-state index in [2.05, 4.69) is 40.7 Å². The maximum absolute atomic E-state index is 10.5. The van der Waals surface area contributed by atoms with Gasteiger partial charge in [0.2, 0.25) is 0 Å². The predicted octanol–water partition coefficient (Wildman–Crippen LogP) is 5.46. The van der Waals surface area contributed by atoms with Gasteiger partial charge >= 0.3 is 0 Å². The zero-order valence-corrected chi connectivity index (χ0v) is 25.8. The highest BCUT2D eigenvalue weighted by Gasteiger charge is 2.55. The molecule has 230 valence electrons. The molecule has 40 heavy (non-hydrogen) atoms. The van der Waals surface area contributed by atoms with Gasteiger partial charge < -0.3 is 29.9 Å². The Bertz CT molecular complexity index is 872. The van der Waals surface area contributed by atoms with Crippen LogP contribution < -0.4 is 0 Å². The van der Waals surface area contributed by atoms with Gasteiger partial charge in [-0.05, 0) is 111 Å². The Morgan fingerprint density at radius 3 is 2.40 bits per heavy atom. The molecule has 4 N–H and O–H groups in total. The molecule has 0 spiro atoms. The van der Waals surface area contributed by atoms with Crippen molar-refractivity contribution in [2.45, 2.75) is 142 Å². The minimum Gasteiger partial charge on any atom is -0.394 e. The van der Waals surface area contributed by atoms with E-state index in [0.717, 1.165) is 66.6 Å². The number of aliphatic hydroxyl groups is 4. The van der Waals surface area contributed by atoms with E-state index < -0.39 is 37.3 Å². The molecule has 0 bridgehead atoms. The fourth-order valence-corrected chi connectivity index (χ4v) is 10.2. The van der Waals surface area contributed by atoms with Crippen molar-refractivity contribution < 1.29 is 29.9 Å². The van der Waals surface area contributed by atoms with Crippen LogP contribution in [0.2, 0.25) is 0 Å². The molecule has 1 heterocycles. The second kappa shape index (κ2) is 12.6. The molecule has 14 unspecified atom stereocenters. The summed E-state index contributed by atoms with van der Waals surface area (Å²) in [6, 6.07) is 0. The average Bonchev–Trinajstić information content (AvgIpc) is 3.38. The molecule has 5 rings (SSSR count). The molecule has 0 aromatic carbocycles. The Morgan fingerprint density at radius 1 is 0.950 bits per heavy atom. The smallest absolute Gasteiger partial charge is 0.186 e. The van der Waals surface area contributed by atoms with Crippen LogP contribution in [0.4, 0.5) is 0 Å². The van der Waals surface area contributed by atoms with Crippen LogP contribution in [0.25, 0.3) is 0 Å². The van der Waals surface area contributed by atoms with Gasteiger partial charge in [0.15, 0.2) is 6.29 Å². The van der Waals surface area contributed by atoms with E-state index in [1.807, 2.05) is 0 Å². The zero-order valence-electron chi connectivity index (χ0n) is 25.8. The van der Waals surface area contributed by atoms with Crippen LogP contribution in [0.15, 0.2) is 11.6 Å². The molecule has 1 saturated heterocycles. The minimum atomic E-state index is -1.39.